The summed E-state index contributed by atoms with van der Waals surface area (Å²) in [7, 11) is 0. The molecular weight excluding hydrogens is 452 g/mol. The number of phenols is 1. The van der Waals surface area contributed by atoms with Crippen LogP contribution in [-0.4, -0.2) is 80.6 Å². The molecule has 0 bridgehead atoms. The molecule has 1 saturated heterocycles. The third-order valence-corrected chi connectivity index (χ3v) is 4.25. The summed E-state index contributed by atoms with van der Waals surface area (Å²) in [4.78, 5) is 39.8. The first-order valence-electron chi connectivity index (χ1n) is 10.4. The van der Waals surface area contributed by atoms with Crippen LogP contribution in [0.4, 0.5) is 0 Å². The number of benzene rings is 1. The molecule has 2 rings (SSSR count). The summed E-state index contributed by atoms with van der Waals surface area (Å²) < 4.78 is 0. The lowest BCUT2D eigenvalue weighted by Crippen LogP contribution is -2.34. The van der Waals surface area contributed by atoms with Crippen LogP contribution in [0.1, 0.15) is 32.3 Å². The highest BCUT2D eigenvalue weighted by atomic mass is 16.4. The minimum atomic E-state index is -1.02. The highest BCUT2D eigenvalue weighted by Crippen LogP contribution is 2.10. The molecule has 3 atom stereocenters. The first-order chi connectivity index (χ1) is 15.7. The number of nitrogens with one attached hydrogen (secondary N) is 1. The normalized spacial score (nSPS) is 15.8. The Labute approximate surface area is 197 Å². The van der Waals surface area contributed by atoms with Gasteiger partial charge in [0.2, 0.25) is 0 Å². The van der Waals surface area contributed by atoms with E-state index in [1.54, 1.807) is 26.0 Å². The molecule has 1 aliphatic heterocycles. The van der Waals surface area contributed by atoms with Crippen LogP contribution in [-0.2, 0) is 25.6 Å². The number of nitrogens with two attached hydrogens (primary N) is 3. The van der Waals surface area contributed by atoms with Crippen molar-refractivity contribution in [2.45, 2.75) is 51.2 Å². The Balaban J connectivity index is 0. The molecule has 34 heavy (non-hydrogen) atoms. The van der Waals surface area contributed by atoms with Crippen LogP contribution < -0.4 is 22.5 Å². The van der Waals surface area contributed by atoms with E-state index in [1.807, 2.05) is 0 Å². The number of aliphatic carboxylic acids is 4. The fraction of sp³-hybridized carbons (Fsp3) is 0.524. The van der Waals surface area contributed by atoms with Gasteiger partial charge in [0.05, 0.1) is 6.54 Å². The Morgan fingerprint density at radius 2 is 1.50 bits per heavy atom. The van der Waals surface area contributed by atoms with E-state index in [0.717, 1.165) is 24.9 Å². The van der Waals surface area contributed by atoms with Gasteiger partial charge in [-0.15, -0.1) is 0 Å². The second-order valence-electron chi connectivity index (χ2n) is 7.51. The fourth-order valence-corrected chi connectivity index (χ4v) is 2.15. The zero-order valence-electron chi connectivity index (χ0n) is 19.3. The lowest BCUT2D eigenvalue weighted by molar-refractivity contribution is -0.140. The van der Waals surface area contributed by atoms with E-state index < -0.39 is 36.0 Å². The van der Waals surface area contributed by atoms with E-state index in [9.17, 15) is 19.2 Å². The maximum absolute atomic E-state index is 10.4. The summed E-state index contributed by atoms with van der Waals surface area (Å²) in [6, 6.07) is 4.44. The van der Waals surface area contributed by atoms with Crippen molar-refractivity contribution in [2.24, 2.45) is 23.1 Å². The Bertz CT molecular complexity index is 739. The van der Waals surface area contributed by atoms with E-state index in [1.165, 1.54) is 12.1 Å². The van der Waals surface area contributed by atoms with Crippen molar-refractivity contribution < 1.29 is 44.7 Å². The van der Waals surface area contributed by atoms with Crippen molar-refractivity contribution in [1.29, 1.82) is 0 Å². The Morgan fingerprint density at radius 1 is 1.00 bits per heavy atom. The van der Waals surface area contributed by atoms with Crippen molar-refractivity contribution >= 4 is 23.9 Å². The van der Waals surface area contributed by atoms with Crippen LogP contribution >= 0.6 is 0 Å². The fourth-order valence-electron chi connectivity index (χ4n) is 2.15. The number of aromatic hydroxyl groups is 1. The lowest BCUT2D eigenvalue weighted by Gasteiger charge is -2.07. The van der Waals surface area contributed by atoms with Gasteiger partial charge in [0, 0.05) is 0 Å². The van der Waals surface area contributed by atoms with Crippen LogP contribution in [0, 0.1) is 5.92 Å². The molecule has 0 aromatic heterocycles. The number of phenolic OH excluding ortho intramolecular Hbond substituents is 1. The molecule has 0 spiro atoms. The minimum Gasteiger partial charge on any atom is -0.508 e. The molecule has 13 nitrogen and oxygen atoms in total. The summed E-state index contributed by atoms with van der Waals surface area (Å²) in [6.45, 7) is 4.13. The zero-order chi connectivity index (χ0) is 26.8. The highest BCUT2D eigenvalue weighted by Gasteiger charge is 2.20. The number of hydrogen-bond donors (Lipinski definition) is 9. The molecule has 194 valence electrons. The van der Waals surface area contributed by atoms with E-state index in [2.05, 4.69) is 11.1 Å². The van der Waals surface area contributed by atoms with E-state index in [-0.39, 0.29) is 30.7 Å². The van der Waals surface area contributed by atoms with Gasteiger partial charge in [0.1, 0.15) is 23.9 Å². The van der Waals surface area contributed by atoms with Crippen molar-refractivity contribution in [3.63, 3.8) is 0 Å². The van der Waals surface area contributed by atoms with Crippen LogP contribution in [0.3, 0.4) is 0 Å². The quantitative estimate of drug-likeness (QED) is 0.229. The molecule has 1 aromatic carbocycles. The maximum atomic E-state index is 10.4. The van der Waals surface area contributed by atoms with Crippen LogP contribution in [0.15, 0.2) is 24.3 Å². The minimum absolute atomic E-state index is 0.0208. The molecule has 0 radical (unpaired) electrons. The van der Waals surface area contributed by atoms with Gasteiger partial charge in [-0.3, -0.25) is 19.2 Å². The first kappa shape index (κ1) is 32.9. The van der Waals surface area contributed by atoms with Gasteiger partial charge in [-0.1, -0.05) is 26.0 Å². The summed E-state index contributed by atoms with van der Waals surface area (Å²) in [5.41, 5.74) is 15.9. The summed E-state index contributed by atoms with van der Waals surface area (Å²) in [5, 5.41) is 44.5. The van der Waals surface area contributed by atoms with Gasteiger partial charge < -0.3 is 48.1 Å². The van der Waals surface area contributed by atoms with Crippen molar-refractivity contribution in [3.8, 4) is 5.75 Å². The summed E-state index contributed by atoms with van der Waals surface area (Å²) in [5.74, 6) is -3.46. The first-order valence-corrected chi connectivity index (χ1v) is 10.4. The number of carboxylic acids is 4. The van der Waals surface area contributed by atoms with Crippen molar-refractivity contribution in [3.05, 3.63) is 29.8 Å². The lowest BCUT2D eigenvalue weighted by atomic mass is 10.1. The monoisotopic (exact) mass is 488 g/mol. The van der Waals surface area contributed by atoms with Gasteiger partial charge in [0.25, 0.3) is 0 Å². The number of carbonyl (C=O) groups is 4. The molecule has 0 unspecified atom stereocenters. The standard InChI is InChI=1S/C9H11NO3.C5H9NO2.C5H11NO2.C2H5NO2/c10-8(9(12)13)5-6-1-3-7(11)4-2-6;7-5(8)4-2-1-3-6-4;1-3(2)4(6)5(7)8;3-1-2(4)5/h1-4,8,11H,5,10H2,(H,12,13);4,6H,1-3H2,(H,7,8);3-4H,6H2,1-2H3,(H,7,8);1,3H2,(H,4,5)/t8-;2*4-;/m000./s1. The Hall–Kier alpha value is -3.26. The average molecular weight is 489 g/mol. The second-order valence-corrected chi connectivity index (χ2v) is 7.51. The summed E-state index contributed by atoms with van der Waals surface area (Å²) in [6.07, 6.45) is 2.06. The molecule has 1 heterocycles. The molecule has 12 N–H and O–H groups in total. The molecule has 0 aliphatic carbocycles. The van der Waals surface area contributed by atoms with Gasteiger partial charge >= 0.3 is 23.9 Å². The van der Waals surface area contributed by atoms with E-state index in [4.69, 9.17) is 37.0 Å². The molecule has 0 amide bonds. The molecular formula is C21H36N4O9. The van der Waals surface area contributed by atoms with Gasteiger partial charge in [-0.05, 0) is 49.4 Å². The van der Waals surface area contributed by atoms with Crippen LogP contribution in [0.2, 0.25) is 0 Å². The van der Waals surface area contributed by atoms with E-state index in [0.29, 0.717) is 0 Å². The SMILES string of the molecule is CC(C)[C@H](N)C(=O)O.NCC(=O)O.N[C@@H](Cc1ccc(O)cc1)C(=O)O.O=C(O)[C@@H]1CCCN1. The van der Waals surface area contributed by atoms with Crippen LogP contribution in [0.5, 0.6) is 5.75 Å². The third kappa shape index (κ3) is 17.3. The maximum Gasteiger partial charge on any atom is 0.320 e. The molecule has 13 heteroatoms. The zero-order valence-corrected chi connectivity index (χ0v) is 19.3. The smallest absolute Gasteiger partial charge is 0.320 e. The van der Waals surface area contributed by atoms with E-state index >= 15 is 0 Å². The van der Waals surface area contributed by atoms with Gasteiger partial charge in [-0.25, -0.2) is 0 Å². The van der Waals surface area contributed by atoms with Gasteiger partial charge in [-0.2, -0.15) is 0 Å². The van der Waals surface area contributed by atoms with Crippen molar-refractivity contribution in [1.82, 2.24) is 5.32 Å². The van der Waals surface area contributed by atoms with Gasteiger partial charge in [0.15, 0.2) is 0 Å². The summed E-state index contributed by atoms with van der Waals surface area (Å²) >= 11 is 0. The predicted molar refractivity (Wildman–Crippen MR) is 123 cm³/mol. The predicted octanol–water partition coefficient (Wildman–Crippen LogP) is -0.746. The number of carboxylic acid groups (broad SMARTS) is 4. The molecule has 1 fully saturated rings. The number of hydrogen-bond acceptors (Lipinski definition) is 9. The third-order valence-electron chi connectivity index (χ3n) is 4.25. The second kappa shape index (κ2) is 18.2. The topological polar surface area (TPSA) is 260 Å². The molecule has 1 aliphatic rings. The van der Waals surface area contributed by atoms with Crippen molar-refractivity contribution in [2.75, 3.05) is 13.1 Å². The average Bonchev–Trinajstić information content (AvgIpc) is 3.31. The van der Waals surface area contributed by atoms with Crippen LogP contribution in [0.25, 0.3) is 0 Å². The molecule has 0 saturated carbocycles. The Kier molecular flexibility index (Phi) is 17.6. The number of rotatable bonds is 7. The largest absolute Gasteiger partial charge is 0.508 e. The molecule has 1 aromatic rings. The Morgan fingerprint density at radius 3 is 1.74 bits per heavy atom. The highest BCUT2D eigenvalue weighted by molar-refractivity contribution is 5.74.